The van der Waals surface area contributed by atoms with Crippen molar-refractivity contribution in [3.63, 3.8) is 0 Å². The molecule has 8 N–H and O–H groups in total. The molecule has 0 aromatic rings. The van der Waals surface area contributed by atoms with Gasteiger partial charge in [0.1, 0.15) is 0 Å². The van der Waals surface area contributed by atoms with Crippen LogP contribution in [0.5, 0.6) is 0 Å². The van der Waals surface area contributed by atoms with E-state index in [9.17, 15) is 0 Å². The summed E-state index contributed by atoms with van der Waals surface area (Å²) in [4.78, 5) is 8.11. The van der Waals surface area contributed by atoms with Crippen LogP contribution in [0.15, 0.2) is 9.98 Å². The molecule has 29 heavy (non-hydrogen) atoms. The van der Waals surface area contributed by atoms with E-state index in [4.69, 9.17) is 35.3 Å². The molecule has 0 unspecified atom stereocenters. The molecule has 9 nitrogen and oxygen atoms in total. The maximum Gasteiger partial charge on any atom is 0.312 e. The zero-order chi connectivity index (χ0) is 22.9. The number of guanidine groups is 2. The van der Waals surface area contributed by atoms with E-state index in [1.54, 1.807) is 0 Å². The third-order valence-electron chi connectivity index (χ3n) is 4.00. The lowest BCUT2D eigenvalue weighted by molar-refractivity contribution is 0.327. The number of hydrogen-bond donors (Lipinski definition) is 4. The van der Waals surface area contributed by atoms with Crippen molar-refractivity contribution in [1.82, 2.24) is 0 Å². The van der Waals surface area contributed by atoms with Crippen molar-refractivity contribution in [2.75, 3.05) is 13.1 Å². The lowest BCUT2D eigenvalue weighted by Crippen LogP contribution is -2.56. The summed E-state index contributed by atoms with van der Waals surface area (Å²) in [6, 6.07) is 1.97. The van der Waals surface area contributed by atoms with Crippen LogP contribution in [0.1, 0.15) is 12.8 Å². The smallest absolute Gasteiger partial charge is 0.312 e. The quantitative estimate of drug-likeness (QED) is 0.128. The Morgan fingerprint density at radius 3 is 1.17 bits per heavy atom. The van der Waals surface area contributed by atoms with Crippen LogP contribution >= 0.6 is 0 Å². The van der Waals surface area contributed by atoms with Crippen molar-refractivity contribution in [2.24, 2.45) is 32.9 Å². The second-order valence-corrected chi connectivity index (χ2v) is 25.5. The highest BCUT2D eigenvalue weighted by Crippen LogP contribution is 2.27. The Morgan fingerprint density at radius 1 is 0.586 bits per heavy atom. The number of nitrogens with two attached hydrogens (primary N) is 4. The molecule has 0 saturated heterocycles. The lowest BCUT2D eigenvalue weighted by atomic mass is 10.5. The summed E-state index contributed by atoms with van der Waals surface area (Å²) in [5.41, 5.74) is 21.5. The molecule has 0 atom stereocenters. The molecule has 0 aromatic heterocycles. The SMILES string of the molecule is C[Si](C)(CCCN=C(N)N)O[Si](C)(C)O[Si](C)(C)O[Si](C)(C)CCCN=C(N)N. The van der Waals surface area contributed by atoms with Crippen LogP contribution in [0.25, 0.3) is 0 Å². The van der Waals surface area contributed by atoms with E-state index in [2.05, 4.69) is 62.4 Å². The van der Waals surface area contributed by atoms with Crippen LogP contribution in [0.2, 0.25) is 64.5 Å². The molecule has 0 rings (SSSR count). The molecule has 0 spiro atoms. The van der Waals surface area contributed by atoms with Crippen LogP contribution in [0.4, 0.5) is 0 Å². The van der Waals surface area contributed by atoms with Crippen LogP contribution in [0, 0.1) is 0 Å². The number of rotatable bonds is 14. The van der Waals surface area contributed by atoms with Gasteiger partial charge in [-0.3, -0.25) is 9.98 Å². The number of nitrogens with zero attached hydrogens (tertiary/aromatic N) is 2. The van der Waals surface area contributed by atoms with E-state index >= 15 is 0 Å². The van der Waals surface area contributed by atoms with Gasteiger partial charge < -0.3 is 35.3 Å². The Balaban J connectivity index is 4.71. The van der Waals surface area contributed by atoms with Gasteiger partial charge in [-0.25, -0.2) is 0 Å². The largest absolute Gasteiger partial charge is 0.436 e. The summed E-state index contributed by atoms with van der Waals surface area (Å²) in [6.07, 6.45) is 1.82. The highest BCUT2D eigenvalue weighted by Gasteiger charge is 2.43. The van der Waals surface area contributed by atoms with Crippen molar-refractivity contribution >= 4 is 45.7 Å². The van der Waals surface area contributed by atoms with Gasteiger partial charge in [0.05, 0.1) is 0 Å². The first kappa shape index (κ1) is 28.3. The maximum absolute atomic E-state index is 6.58. The topological polar surface area (TPSA) is 156 Å². The summed E-state index contributed by atoms with van der Waals surface area (Å²) in [6.45, 7) is 18.6. The first-order valence-corrected chi connectivity index (χ1v) is 22.0. The van der Waals surface area contributed by atoms with Gasteiger partial charge in [-0.05, 0) is 77.3 Å². The van der Waals surface area contributed by atoms with Crippen LogP contribution in [0.3, 0.4) is 0 Å². The molecule has 0 fully saturated rings. The first-order valence-electron chi connectivity index (χ1n) is 10.2. The molecule has 0 amide bonds. The minimum atomic E-state index is -2.33. The Bertz CT molecular complexity index is 515. The predicted octanol–water partition coefficient (Wildman–Crippen LogP) is 2.18. The van der Waals surface area contributed by atoms with Crippen molar-refractivity contribution in [3.05, 3.63) is 0 Å². The van der Waals surface area contributed by atoms with Gasteiger partial charge >= 0.3 is 17.1 Å². The predicted molar refractivity (Wildman–Crippen MR) is 133 cm³/mol. The molecule has 0 aliphatic heterocycles. The summed E-state index contributed by atoms with van der Waals surface area (Å²) in [5.74, 6) is 0.275. The monoisotopic (exact) mass is 480 g/mol. The number of hydrogen-bond acceptors (Lipinski definition) is 5. The van der Waals surface area contributed by atoms with E-state index in [1.807, 2.05) is 0 Å². The highest BCUT2D eigenvalue weighted by molar-refractivity contribution is 6.89. The second kappa shape index (κ2) is 11.6. The molecule has 172 valence electrons. The average molecular weight is 481 g/mol. The zero-order valence-electron chi connectivity index (χ0n) is 19.7. The molecule has 0 aromatic carbocycles. The van der Waals surface area contributed by atoms with E-state index in [0.29, 0.717) is 13.1 Å². The molecule has 0 bridgehead atoms. The standard InChI is InChI=1S/C16H44N6O3Si4/c1-26(2,13-9-11-21-15(17)18)23-28(5,6)25-29(7,8)24-27(3,4)14-10-12-22-16(19)20/h9-14H2,1-8H3,(H4,17,18,21)(H4,19,20,22). The third kappa shape index (κ3) is 15.7. The second-order valence-electron chi connectivity index (χ2n) is 9.45. The minimum Gasteiger partial charge on any atom is -0.436 e. The maximum atomic E-state index is 6.58. The van der Waals surface area contributed by atoms with Crippen LogP contribution in [-0.2, 0) is 12.3 Å². The molecular formula is C16H44N6O3Si4. The van der Waals surface area contributed by atoms with Gasteiger partial charge in [-0.2, -0.15) is 0 Å². The van der Waals surface area contributed by atoms with Gasteiger partial charge in [0.15, 0.2) is 28.6 Å². The Labute approximate surface area is 181 Å². The lowest BCUT2D eigenvalue weighted by Gasteiger charge is -2.41. The zero-order valence-corrected chi connectivity index (χ0v) is 23.7. The fourth-order valence-electron chi connectivity index (χ4n) is 3.49. The van der Waals surface area contributed by atoms with E-state index in [0.717, 1.165) is 24.9 Å². The summed E-state index contributed by atoms with van der Waals surface area (Å²) in [5, 5.41) is 0. The van der Waals surface area contributed by atoms with Crippen molar-refractivity contribution in [2.45, 2.75) is 77.3 Å². The van der Waals surface area contributed by atoms with E-state index in [-0.39, 0.29) is 11.9 Å². The molecule has 0 saturated carbocycles. The summed E-state index contributed by atoms with van der Waals surface area (Å²) in [7, 11) is -8.42. The molecule has 0 aliphatic rings. The van der Waals surface area contributed by atoms with Crippen molar-refractivity contribution < 1.29 is 12.3 Å². The van der Waals surface area contributed by atoms with E-state index in [1.165, 1.54) is 0 Å². The van der Waals surface area contributed by atoms with E-state index < -0.39 is 33.8 Å². The fourth-order valence-corrected chi connectivity index (χ4v) is 22.8. The van der Waals surface area contributed by atoms with Gasteiger partial charge in [-0.1, -0.05) is 0 Å². The minimum absolute atomic E-state index is 0.137. The highest BCUT2D eigenvalue weighted by atomic mass is 28.5. The summed E-state index contributed by atoms with van der Waals surface area (Å²) < 4.78 is 19.7. The Hall–Kier alpha value is -0.712. The van der Waals surface area contributed by atoms with Crippen LogP contribution in [-0.4, -0.2) is 58.8 Å². The van der Waals surface area contributed by atoms with Gasteiger partial charge in [0.2, 0.25) is 0 Å². The van der Waals surface area contributed by atoms with Crippen molar-refractivity contribution in [3.8, 4) is 0 Å². The molecular weight excluding hydrogens is 437 g/mol. The Morgan fingerprint density at radius 2 is 0.897 bits per heavy atom. The average Bonchev–Trinajstić information content (AvgIpc) is 2.44. The molecule has 0 heterocycles. The van der Waals surface area contributed by atoms with Crippen molar-refractivity contribution in [1.29, 1.82) is 0 Å². The first-order chi connectivity index (χ1) is 13.0. The van der Waals surface area contributed by atoms with Crippen LogP contribution < -0.4 is 22.9 Å². The number of aliphatic imine (C=N–C) groups is 2. The molecule has 0 aliphatic carbocycles. The van der Waals surface area contributed by atoms with Gasteiger partial charge in [-0.15, -0.1) is 0 Å². The normalized spacial score (nSPS) is 13.2. The van der Waals surface area contributed by atoms with Gasteiger partial charge in [0.25, 0.3) is 0 Å². The fraction of sp³-hybridized carbons (Fsp3) is 0.875. The molecule has 0 radical (unpaired) electrons. The summed E-state index contributed by atoms with van der Waals surface area (Å²) >= 11 is 0. The third-order valence-corrected chi connectivity index (χ3v) is 19.4. The Kier molecular flexibility index (Phi) is 11.3. The molecule has 13 heteroatoms. The van der Waals surface area contributed by atoms with Gasteiger partial charge in [0, 0.05) is 13.1 Å².